The van der Waals surface area contributed by atoms with E-state index >= 15 is 0 Å². The Balaban J connectivity index is 1.59. The topological polar surface area (TPSA) is 34.4 Å². The van der Waals surface area contributed by atoms with Crippen LogP contribution in [0.5, 0.6) is 0 Å². The lowest BCUT2D eigenvalue weighted by atomic mass is 9.79. The molecular formula is C18H29NO2. The van der Waals surface area contributed by atoms with Crippen LogP contribution in [0.25, 0.3) is 0 Å². The number of hydrogen-bond donors (Lipinski definition) is 1. The van der Waals surface area contributed by atoms with Gasteiger partial charge in [-0.3, -0.25) is 0 Å². The molecule has 3 heteroatoms. The van der Waals surface area contributed by atoms with Crippen LogP contribution in [0, 0.1) is 5.92 Å². The highest BCUT2D eigenvalue weighted by atomic mass is 16.5. The highest BCUT2D eigenvalue weighted by Crippen LogP contribution is 2.43. The molecule has 118 valence electrons. The molecule has 1 spiro atoms. The van der Waals surface area contributed by atoms with Gasteiger partial charge in [-0.05, 0) is 56.7 Å². The van der Waals surface area contributed by atoms with E-state index in [-0.39, 0.29) is 5.60 Å². The number of furan rings is 1. The van der Waals surface area contributed by atoms with Crippen LogP contribution in [-0.4, -0.2) is 24.8 Å². The second-order valence-electron chi connectivity index (χ2n) is 6.77. The molecule has 3 rings (SSSR count). The molecule has 0 bridgehead atoms. The van der Waals surface area contributed by atoms with E-state index in [1.54, 1.807) is 6.26 Å². The van der Waals surface area contributed by atoms with E-state index in [9.17, 15) is 0 Å². The molecule has 1 saturated carbocycles. The Labute approximate surface area is 128 Å². The molecule has 21 heavy (non-hydrogen) atoms. The van der Waals surface area contributed by atoms with Gasteiger partial charge in [0.1, 0.15) is 5.76 Å². The predicted octanol–water partition coefficient (Wildman–Crippen LogP) is 3.93. The van der Waals surface area contributed by atoms with Gasteiger partial charge >= 0.3 is 0 Å². The van der Waals surface area contributed by atoms with Crippen LogP contribution < -0.4 is 5.32 Å². The van der Waals surface area contributed by atoms with Crippen LogP contribution in [0.2, 0.25) is 0 Å². The van der Waals surface area contributed by atoms with E-state index in [1.165, 1.54) is 44.9 Å². The van der Waals surface area contributed by atoms with Crippen molar-refractivity contribution in [1.82, 2.24) is 5.32 Å². The number of hydrogen-bond acceptors (Lipinski definition) is 3. The molecule has 2 aliphatic rings. The second-order valence-corrected chi connectivity index (χ2v) is 6.77. The Kier molecular flexibility index (Phi) is 5.02. The summed E-state index contributed by atoms with van der Waals surface area (Å²) in [4.78, 5) is 0. The molecule has 2 fully saturated rings. The molecule has 1 aromatic heterocycles. The molecule has 2 heterocycles. The second kappa shape index (κ2) is 6.97. The zero-order valence-corrected chi connectivity index (χ0v) is 13.3. The number of rotatable bonds is 6. The summed E-state index contributed by atoms with van der Waals surface area (Å²) >= 11 is 0. The maximum Gasteiger partial charge on any atom is 0.103 e. The minimum Gasteiger partial charge on any atom is -0.469 e. The average molecular weight is 291 g/mol. The maximum absolute atomic E-state index is 6.19. The normalized spacial score (nSPS) is 26.2. The summed E-state index contributed by atoms with van der Waals surface area (Å²) in [6.45, 7) is 4.21. The molecule has 1 N–H and O–H groups in total. The Bertz CT molecular complexity index is 409. The monoisotopic (exact) mass is 291 g/mol. The fraction of sp³-hybridized carbons (Fsp3) is 0.778. The Morgan fingerprint density at radius 1 is 1.38 bits per heavy atom. The summed E-state index contributed by atoms with van der Waals surface area (Å²) in [6, 6.07) is 4.67. The Morgan fingerprint density at radius 3 is 2.95 bits per heavy atom. The van der Waals surface area contributed by atoms with Gasteiger partial charge in [-0.15, -0.1) is 0 Å². The van der Waals surface area contributed by atoms with Gasteiger partial charge in [-0.1, -0.05) is 19.8 Å². The van der Waals surface area contributed by atoms with Crippen molar-refractivity contribution in [3.05, 3.63) is 24.2 Å². The number of ether oxygens (including phenoxy) is 1. The van der Waals surface area contributed by atoms with Crippen LogP contribution in [0.15, 0.2) is 22.8 Å². The molecule has 3 nitrogen and oxygen atoms in total. The fourth-order valence-corrected chi connectivity index (χ4v) is 4.30. The fourth-order valence-electron chi connectivity index (χ4n) is 4.30. The van der Waals surface area contributed by atoms with E-state index in [0.29, 0.717) is 6.04 Å². The van der Waals surface area contributed by atoms with E-state index in [4.69, 9.17) is 9.15 Å². The number of aryl methyl sites for hydroxylation is 1. The van der Waals surface area contributed by atoms with Crippen molar-refractivity contribution in [3.63, 3.8) is 0 Å². The first-order chi connectivity index (χ1) is 10.3. The maximum atomic E-state index is 6.19. The minimum atomic E-state index is 0.223. The third-order valence-electron chi connectivity index (χ3n) is 5.36. The van der Waals surface area contributed by atoms with Crippen molar-refractivity contribution < 1.29 is 9.15 Å². The largest absolute Gasteiger partial charge is 0.469 e. The SMILES string of the molecule is CCNC(CCc1ccco1)C1CCOC2(CCCC2)C1. The summed E-state index contributed by atoms with van der Waals surface area (Å²) in [6.07, 6.45) is 11.7. The molecule has 0 aromatic carbocycles. The smallest absolute Gasteiger partial charge is 0.103 e. The Morgan fingerprint density at radius 2 is 2.24 bits per heavy atom. The third kappa shape index (κ3) is 3.70. The quantitative estimate of drug-likeness (QED) is 0.862. The molecule has 1 aromatic rings. The van der Waals surface area contributed by atoms with Crippen molar-refractivity contribution in [1.29, 1.82) is 0 Å². The molecule has 2 unspecified atom stereocenters. The van der Waals surface area contributed by atoms with Gasteiger partial charge in [0.2, 0.25) is 0 Å². The van der Waals surface area contributed by atoms with Crippen LogP contribution in [0.1, 0.15) is 57.6 Å². The molecular weight excluding hydrogens is 262 g/mol. The lowest BCUT2D eigenvalue weighted by molar-refractivity contribution is -0.0982. The number of nitrogens with one attached hydrogen (secondary N) is 1. The molecule has 0 amide bonds. The molecule has 1 aliphatic carbocycles. The van der Waals surface area contributed by atoms with Gasteiger partial charge in [-0.2, -0.15) is 0 Å². The van der Waals surface area contributed by atoms with Gasteiger partial charge in [-0.25, -0.2) is 0 Å². The third-order valence-corrected chi connectivity index (χ3v) is 5.36. The van der Waals surface area contributed by atoms with Crippen LogP contribution in [0.4, 0.5) is 0 Å². The van der Waals surface area contributed by atoms with Gasteiger partial charge in [0.05, 0.1) is 11.9 Å². The zero-order chi connectivity index (χ0) is 14.5. The zero-order valence-electron chi connectivity index (χ0n) is 13.3. The lowest BCUT2D eigenvalue weighted by Gasteiger charge is -2.41. The average Bonchev–Trinajstić information content (AvgIpc) is 3.16. The summed E-state index contributed by atoms with van der Waals surface area (Å²) in [5.41, 5.74) is 0.223. The molecule has 0 radical (unpaired) electrons. The van der Waals surface area contributed by atoms with Crippen molar-refractivity contribution in [2.45, 2.75) is 69.9 Å². The molecule has 1 aliphatic heterocycles. The first-order valence-electron chi connectivity index (χ1n) is 8.71. The van der Waals surface area contributed by atoms with Crippen LogP contribution >= 0.6 is 0 Å². The Hall–Kier alpha value is -0.800. The predicted molar refractivity (Wildman–Crippen MR) is 84.4 cm³/mol. The molecule has 1 saturated heterocycles. The van der Waals surface area contributed by atoms with Gasteiger partial charge in [0.15, 0.2) is 0 Å². The summed E-state index contributed by atoms with van der Waals surface area (Å²) in [5.74, 6) is 1.87. The lowest BCUT2D eigenvalue weighted by Crippen LogP contribution is -2.46. The van der Waals surface area contributed by atoms with Crippen LogP contribution in [-0.2, 0) is 11.2 Å². The molecule has 2 atom stereocenters. The van der Waals surface area contributed by atoms with E-state index in [1.807, 2.05) is 6.07 Å². The van der Waals surface area contributed by atoms with Gasteiger partial charge in [0, 0.05) is 19.1 Å². The first-order valence-corrected chi connectivity index (χ1v) is 8.71. The summed E-state index contributed by atoms with van der Waals surface area (Å²) < 4.78 is 11.7. The van der Waals surface area contributed by atoms with Crippen molar-refractivity contribution in [2.24, 2.45) is 5.92 Å². The van der Waals surface area contributed by atoms with E-state index in [0.717, 1.165) is 31.3 Å². The minimum absolute atomic E-state index is 0.223. The highest BCUT2D eigenvalue weighted by molar-refractivity contribution is 5.00. The van der Waals surface area contributed by atoms with Crippen molar-refractivity contribution in [2.75, 3.05) is 13.2 Å². The highest BCUT2D eigenvalue weighted by Gasteiger charge is 2.41. The summed E-state index contributed by atoms with van der Waals surface area (Å²) in [7, 11) is 0. The van der Waals surface area contributed by atoms with Crippen molar-refractivity contribution >= 4 is 0 Å². The van der Waals surface area contributed by atoms with Gasteiger partial charge < -0.3 is 14.5 Å². The first kappa shape index (κ1) is 15.1. The van der Waals surface area contributed by atoms with Gasteiger partial charge in [0.25, 0.3) is 0 Å². The van der Waals surface area contributed by atoms with E-state index < -0.39 is 0 Å². The standard InChI is InChI=1S/C18H29NO2/c1-2-19-17(8-7-16-6-5-12-20-16)15-9-13-21-18(14-15)10-3-4-11-18/h5-6,12,15,17,19H,2-4,7-11,13-14H2,1H3. The van der Waals surface area contributed by atoms with E-state index in [2.05, 4.69) is 18.3 Å². The summed E-state index contributed by atoms with van der Waals surface area (Å²) in [5, 5.41) is 3.72. The van der Waals surface area contributed by atoms with Crippen LogP contribution in [0.3, 0.4) is 0 Å². The van der Waals surface area contributed by atoms with Crippen molar-refractivity contribution in [3.8, 4) is 0 Å².